The summed E-state index contributed by atoms with van der Waals surface area (Å²) in [5.74, 6) is 0.904. The summed E-state index contributed by atoms with van der Waals surface area (Å²) < 4.78 is 26.9. The van der Waals surface area contributed by atoms with Crippen LogP contribution in [0.15, 0.2) is 12.3 Å². The smallest absolute Gasteiger partial charge is 0.306 e. The highest BCUT2D eigenvalue weighted by Gasteiger charge is 2.24. The van der Waals surface area contributed by atoms with E-state index in [2.05, 4.69) is 20.8 Å². The molecule has 0 aromatic rings. The topological polar surface area (TPSA) is 101 Å². The van der Waals surface area contributed by atoms with Crippen LogP contribution in [0.25, 0.3) is 0 Å². The Labute approximate surface area is 267 Å². The first kappa shape index (κ1) is 38.5. The summed E-state index contributed by atoms with van der Waals surface area (Å²) in [4.78, 5) is 21.9. The monoisotopic (exact) mass is 624 g/mol. The van der Waals surface area contributed by atoms with Crippen molar-refractivity contribution in [2.45, 2.75) is 180 Å². The Balaban J connectivity index is 0.000000266. The van der Waals surface area contributed by atoms with Crippen LogP contribution in [0.1, 0.15) is 150 Å². The number of aliphatic hydroxyl groups excluding tert-OH is 1. The number of carbonyl (C=O) groups excluding carboxylic acids is 2. The number of esters is 2. The molecule has 3 fully saturated rings. The third-order valence-electron chi connectivity index (χ3n) is 9.26. The molecule has 44 heavy (non-hydrogen) atoms. The largest absolute Gasteiger partial charge is 0.502 e. The Bertz CT molecular complexity index is 770. The quantitative estimate of drug-likeness (QED) is 0.136. The van der Waals surface area contributed by atoms with Crippen molar-refractivity contribution in [2.75, 3.05) is 13.2 Å². The van der Waals surface area contributed by atoms with Gasteiger partial charge in [0, 0.05) is 19.4 Å². The third kappa shape index (κ3) is 18.4. The molecule has 4 aliphatic rings. The molecule has 8 nitrogen and oxygen atoms in total. The highest BCUT2D eigenvalue weighted by molar-refractivity contribution is 5.71. The van der Waals surface area contributed by atoms with Crippen LogP contribution in [0.5, 0.6) is 0 Å². The molecule has 0 amide bonds. The molecule has 1 N–H and O–H groups in total. The summed E-state index contributed by atoms with van der Waals surface area (Å²) >= 11 is 0. The molecule has 256 valence electrons. The number of hydrogen-bond acceptors (Lipinski definition) is 8. The fraction of sp³-hybridized carbons (Fsp3) is 0.889. The van der Waals surface area contributed by atoms with E-state index in [9.17, 15) is 14.7 Å². The number of ether oxygens (including phenoxy) is 5. The van der Waals surface area contributed by atoms with Crippen LogP contribution in [-0.2, 0) is 33.3 Å². The van der Waals surface area contributed by atoms with Crippen molar-refractivity contribution >= 4 is 11.9 Å². The number of unbranched alkanes of at least 4 members (excludes halogenated alkanes) is 4. The number of rotatable bonds is 16. The van der Waals surface area contributed by atoms with E-state index >= 15 is 0 Å². The average Bonchev–Trinajstić information content (AvgIpc) is 3.65. The minimum absolute atomic E-state index is 0.0169. The van der Waals surface area contributed by atoms with Crippen LogP contribution in [-0.4, -0.2) is 61.0 Å². The van der Waals surface area contributed by atoms with Gasteiger partial charge in [-0.2, -0.15) is 0 Å². The Morgan fingerprint density at radius 1 is 0.773 bits per heavy atom. The van der Waals surface area contributed by atoms with Gasteiger partial charge in [-0.1, -0.05) is 39.5 Å². The molecule has 7 atom stereocenters. The maximum atomic E-state index is 11.0. The van der Waals surface area contributed by atoms with E-state index in [1.165, 1.54) is 51.4 Å². The predicted molar refractivity (Wildman–Crippen MR) is 173 cm³/mol. The Morgan fingerprint density at radius 2 is 1.39 bits per heavy atom. The van der Waals surface area contributed by atoms with Crippen LogP contribution in [0.3, 0.4) is 0 Å². The van der Waals surface area contributed by atoms with Gasteiger partial charge < -0.3 is 28.8 Å². The van der Waals surface area contributed by atoms with Crippen molar-refractivity contribution in [3.63, 3.8) is 0 Å². The number of cyclic esters (lactones) is 2. The van der Waals surface area contributed by atoms with Gasteiger partial charge in [-0.15, -0.1) is 0 Å². The second-order valence-corrected chi connectivity index (χ2v) is 13.3. The van der Waals surface area contributed by atoms with Crippen molar-refractivity contribution in [1.29, 1.82) is 0 Å². The Kier molecular flexibility index (Phi) is 20.7. The molecule has 4 rings (SSSR count). The number of carbonyl (C=O) groups is 2. The number of aliphatic hydroxyl groups is 1. The highest BCUT2D eigenvalue weighted by Crippen LogP contribution is 2.24. The molecular weight excluding hydrogens is 560 g/mol. The lowest BCUT2D eigenvalue weighted by Gasteiger charge is -2.29. The van der Waals surface area contributed by atoms with Crippen molar-refractivity contribution in [2.24, 2.45) is 11.8 Å². The zero-order chi connectivity index (χ0) is 32.0. The van der Waals surface area contributed by atoms with E-state index in [4.69, 9.17) is 23.7 Å². The maximum Gasteiger partial charge on any atom is 0.306 e. The van der Waals surface area contributed by atoms with Gasteiger partial charge in [0.05, 0.1) is 25.1 Å². The van der Waals surface area contributed by atoms with Crippen molar-refractivity contribution in [3.05, 3.63) is 12.3 Å². The average molecular weight is 625 g/mol. The van der Waals surface area contributed by atoms with E-state index in [1.807, 2.05) is 13.0 Å². The zero-order valence-electron chi connectivity index (χ0n) is 28.4. The summed E-state index contributed by atoms with van der Waals surface area (Å²) in [6.45, 7) is 10.1. The molecule has 4 aliphatic heterocycles. The van der Waals surface area contributed by atoms with E-state index in [0.29, 0.717) is 24.7 Å². The predicted octanol–water partition coefficient (Wildman–Crippen LogP) is 8.18. The lowest BCUT2D eigenvalue weighted by atomic mass is 9.97. The molecule has 4 heterocycles. The van der Waals surface area contributed by atoms with Crippen molar-refractivity contribution < 1.29 is 38.4 Å². The van der Waals surface area contributed by atoms with Crippen LogP contribution < -0.4 is 0 Å². The fourth-order valence-corrected chi connectivity index (χ4v) is 5.76. The van der Waals surface area contributed by atoms with Gasteiger partial charge >= 0.3 is 11.9 Å². The molecule has 8 heteroatoms. The Morgan fingerprint density at radius 3 is 1.80 bits per heavy atom. The van der Waals surface area contributed by atoms with Crippen LogP contribution >= 0.6 is 0 Å². The Hall–Kier alpha value is -1.64. The first-order chi connectivity index (χ1) is 21.2. The molecular formula is C36H64O8. The first-order valence-corrected chi connectivity index (χ1v) is 17.8. The van der Waals surface area contributed by atoms with Gasteiger partial charge in [-0.3, -0.25) is 9.59 Å². The normalized spacial score (nSPS) is 25.7. The molecule has 0 radical (unpaired) electrons. The summed E-state index contributed by atoms with van der Waals surface area (Å²) in [6, 6.07) is 0. The molecule has 0 bridgehead atoms. The van der Waals surface area contributed by atoms with Crippen molar-refractivity contribution in [1.82, 2.24) is 0 Å². The summed E-state index contributed by atoms with van der Waals surface area (Å²) in [5, 5.41) is 9.32. The van der Waals surface area contributed by atoms with E-state index in [0.717, 1.165) is 71.0 Å². The highest BCUT2D eigenvalue weighted by atomic mass is 16.7. The van der Waals surface area contributed by atoms with E-state index in [-0.39, 0.29) is 42.6 Å². The molecule has 0 aliphatic carbocycles. The molecule has 0 saturated carbocycles. The van der Waals surface area contributed by atoms with Crippen LogP contribution in [0, 0.1) is 11.8 Å². The summed E-state index contributed by atoms with van der Waals surface area (Å²) in [5.41, 5.74) is 0. The molecule has 0 aromatic heterocycles. The number of allylic oxidation sites excluding steroid dienone is 1. The minimum atomic E-state index is -0.198. The van der Waals surface area contributed by atoms with Gasteiger partial charge in [-0.25, -0.2) is 0 Å². The summed E-state index contributed by atoms with van der Waals surface area (Å²) in [6.07, 6.45) is 24.5. The minimum Gasteiger partial charge on any atom is -0.502 e. The standard InChI is InChI=1S/C18H32O4.C13H24O3.C5H8O/c1-14(15(2)21-18-10-6-7-13-20-18)8-4-3-5-9-16-11-12-17(19)22-16;1-10(11(2)14)6-4-3-5-7-12-8-9-13(15)16-12;1-2-4-6-5-3-1/h14-16,18H,3-13H2,1-2H3;10-12,14H,3-9H2,1-2H3;2,4H,1,3,5H2. The van der Waals surface area contributed by atoms with Crippen LogP contribution in [0.2, 0.25) is 0 Å². The van der Waals surface area contributed by atoms with Crippen molar-refractivity contribution in [3.8, 4) is 0 Å². The van der Waals surface area contributed by atoms with Gasteiger partial charge in [0.15, 0.2) is 6.29 Å². The number of hydrogen-bond donors (Lipinski definition) is 1. The van der Waals surface area contributed by atoms with E-state index < -0.39 is 0 Å². The van der Waals surface area contributed by atoms with E-state index in [1.54, 1.807) is 6.26 Å². The first-order valence-electron chi connectivity index (χ1n) is 17.8. The molecule has 0 aromatic carbocycles. The zero-order valence-corrected chi connectivity index (χ0v) is 28.4. The van der Waals surface area contributed by atoms with Gasteiger partial charge in [0.1, 0.15) is 12.2 Å². The molecule has 3 saturated heterocycles. The lowest BCUT2D eigenvalue weighted by molar-refractivity contribution is -0.193. The maximum absolute atomic E-state index is 11.0. The molecule has 7 unspecified atom stereocenters. The van der Waals surface area contributed by atoms with Gasteiger partial charge in [0.2, 0.25) is 0 Å². The second kappa shape index (κ2) is 23.7. The summed E-state index contributed by atoms with van der Waals surface area (Å²) in [7, 11) is 0. The molecule has 0 spiro atoms. The van der Waals surface area contributed by atoms with Gasteiger partial charge in [-0.05, 0) is 115 Å². The fourth-order valence-electron chi connectivity index (χ4n) is 5.76. The third-order valence-corrected chi connectivity index (χ3v) is 9.26. The van der Waals surface area contributed by atoms with Crippen LogP contribution in [0.4, 0.5) is 0 Å². The van der Waals surface area contributed by atoms with Gasteiger partial charge in [0.25, 0.3) is 0 Å². The second-order valence-electron chi connectivity index (χ2n) is 13.3. The SMILES string of the molecule is C1=COCCC1.CC(CCCCCC1CCC(=O)O1)C(C)OC1CCCCO1.CC(O)C(C)CCCCCC1CCC(=O)O1. The lowest BCUT2D eigenvalue weighted by Crippen LogP contribution is -2.29.